The van der Waals surface area contributed by atoms with E-state index in [0.717, 1.165) is 11.1 Å². The molecule has 0 saturated carbocycles. The van der Waals surface area contributed by atoms with E-state index in [1.54, 1.807) is 0 Å². The van der Waals surface area contributed by atoms with Gasteiger partial charge < -0.3 is 4.42 Å². The highest BCUT2D eigenvalue weighted by atomic mass is 32.2. The van der Waals surface area contributed by atoms with E-state index in [1.807, 2.05) is 36.4 Å². The van der Waals surface area contributed by atoms with Crippen LogP contribution in [0.3, 0.4) is 0 Å². The minimum atomic E-state index is -3.75. The number of nitrogens with zero attached hydrogens (tertiary/aromatic N) is 3. The second-order valence-corrected chi connectivity index (χ2v) is 8.58. The molecule has 138 valence electrons. The first kappa shape index (κ1) is 17.7. The third-order valence-electron chi connectivity index (χ3n) is 3.74. The number of hydrogen-bond donors (Lipinski definition) is 1. The van der Waals surface area contributed by atoms with Crippen molar-refractivity contribution in [1.29, 1.82) is 0 Å². The maximum absolute atomic E-state index is 14.5. The minimum Gasteiger partial charge on any atom is -0.424 e. The monoisotopic (exact) mass is 404 g/mol. The Balaban J connectivity index is 1.63. The average molecular weight is 404 g/mol. The van der Waals surface area contributed by atoms with Crippen molar-refractivity contribution in [3.05, 3.63) is 65.1 Å². The van der Waals surface area contributed by atoms with Crippen LogP contribution in [0.5, 0.6) is 0 Å². The molecule has 27 heavy (non-hydrogen) atoms. The zero-order valence-corrected chi connectivity index (χ0v) is 15.4. The molecule has 0 unspecified atom stereocenters. The van der Waals surface area contributed by atoms with Crippen LogP contribution in [0.4, 0.5) is 4.39 Å². The summed E-state index contributed by atoms with van der Waals surface area (Å²) in [5.41, 5.74) is 1.96. The van der Waals surface area contributed by atoms with Gasteiger partial charge in [-0.25, -0.2) is 22.9 Å². The number of halogens is 1. The molecule has 2 N–H and O–H groups in total. The molecule has 0 bridgehead atoms. The molecule has 10 heteroatoms. The Hall–Kier alpha value is -2.69. The lowest BCUT2D eigenvalue weighted by Crippen LogP contribution is -2.14. The largest absolute Gasteiger partial charge is 0.424 e. The number of fused-ring (bicyclic) bond motifs is 1. The standard InChI is InChI=1S/C17H13FN4O3S2/c18-12-6-11(10-4-2-1-3-5-10)7-13-17(12)20-16(26-13)8-14-21-22-15(25-14)9-27(19,23)24/h1-7H,8-9H2,(H2,19,23,24). The van der Waals surface area contributed by atoms with Gasteiger partial charge >= 0.3 is 0 Å². The first-order chi connectivity index (χ1) is 12.9. The van der Waals surface area contributed by atoms with E-state index in [-0.39, 0.29) is 23.7 Å². The van der Waals surface area contributed by atoms with Crippen molar-refractivity contribution < 1.29 is 17.2 Å². The van der Waals surface area contributed by atoms with Crippen molar-refractivity contribution in [2.45, 2.75) is 12.2 Å². The fourth-order valence-corrected chi connectivity index (χ4v) is 4.10. The zero-order chi connectivity index (χ0) is 19.0. The van der Waals surface area contributed by atoms with Gasteiger partial charge in [0.1, 0.15) is 16.3 Å². The lowest BCUT2D eigenvalue weighted by atomic mass is 10.1. The van der Waals surface area contributed by atoms with E-state index < -0.39 is 21.6 Å². The maximum Gasteiger partial charge on any atom is 0.232 e. The van der Waals surface area contributed by atoms with Gasteiger partial charge in [0.25, 0.3) is 0 Å². The summed E-state index contributed by atoms with van der Waals surface area (Å²) in [5, 5.41) is 13.0. The van der Waals surface area contributed by atoms with Crippen LogP contribution in [-0.2, 0) is 22.2 Å². The lowest BCUT2D eigenvalue weighted by Gasteiger charge is -2.01. The Kier molecular flexibility index (Phi) is 4.46. The average Bonchev–Trinajstić information content (AvgIpc) is 3.21. The number of hydrogen-bond acceptors (Lipinski definition) is 7. The smallest absolute Gasteiger partial charge is 0.232 e. The van der Waals surface area contributed by atoms with Crippen molar-refractivity contribution in [3.8, 4) is 11.1 Å². The molecule has 2 heterocycles. The number of primary sulfonamides is 1. The van der Waals surface area contributed by atoms with Crippen molar-refractivity contribution in [2.75, 3.05) is 0 Å². The van der Waals surface area contributed by atoms with Crippen LogP contribution in [0, 0.1) is 5.82 Å². The maximum atomic E-state index is 14.5. The van der Waals surface area contributed by atoms with Gasteiger partial charge in [-0.15, -0.1) is 21.5 Å². The molecule has 2 aromatic carbocycles. The van der Waals surface area contributed by atoms with Gasteiger partial charge in [0.05, 0.1) is 11.1 Å². The predicted octanol–water partition coefficient (Wildman–Crippen LogP) is 2.86. The topological polar surface area (TPSA) is 112 Å². The molecule has 4 aromatic rings. The third-order valence-corrected chi connectivity index (χ3v) is 5.39. The number of thiazole rings is 1. The molecule has 0 aliphatic heterocycles. The Morgan fingerprint density at radius 3 is 2.56 bits per heavy atom. The van der Waals surface area contributed by atoms with E-state index >= 15 is 0 Å². The minimum absolute atomic E-state index is 0.0915. The van der Waals surface area contributed by atoms with Crippen molar-refractivity contribution >= 4 is 31.6 Å². The molecule has 2 aromatic heterocycles. The molecule has 0 aliphatic rings. The third kappa shape index (κ3) is 4.02. The predicted molar refractivity (Wildman–Crippen MR) is 98.9 cm³/mol. The molecule has 0 aliphatic carbocycles. The van der Waals surface area contributed by atoms with Gasteiger partial charge in [0.2, 0.25) is 21.8 Å². The quantitative estimate of drug-likeness (QED) is 0.547. The highest BCUT2D eigenvalue weighted by Gasteiger charge is 2.16. The van der Waals surface area contributed by atoms with Crippen LogP contribution in [0.25, 0.3) is 21.3 Å². The van der Waals surface area contributed by atoms with E-state index in [2.05, 4.69) is 15.2 Å². The molecular weight excluding hydrogens is 391 g/mol. The number of aromatic nitrogens is 3. The molecule has 4 rings (SSSR count). The highest BCUT2D eigenvalue weighted by molar-refractivity contribution is 7.88. The van der Waals surface area contributed by atoms with Gasteiger partial charge in [-0.2, -0.15) is 0 Å². The molecule has 0 saturated heterocycles. The van der Waals surface area contributed by atoms with E-state index in [9.17, 15) is 12.8 Å². The summed E-state index contributed by atoms with van der Waals surface area (Å²) in [5.74, 6) is -0.841. The van der Waals surface area contributed by atoms with Gasteiger partial charge in [-0.1, -0.05) is 30.3 Å². The molecule has 0 amide bonds. The summed E-state index contributed by atoms with van der Waals surface area (Å²) in [6, 6.07) is 12.8. The molecule has 7 nitrogen and oxygen atoms in total. The normalized spacial score (nSPS) is 11.9. The fourth-order valence-electron chi connectivity index (χ4n) is 2.63. The lowest BCUT2D eigenvalue weighted by molar-refractivity contribution is 0.469. The molecular formula is C17H13FN4O3S2. The summed E-state index contributed by atoms with van der Waals surface area (Å²) in [7, 11) is -3.75. The highest BCUT2D eigenvalue weighted by Crippen LogP contribution is 2.31. The summed E-state index contributed by atoms with van der Waals surface area (Å²) in [6.45, 7) is 0. The van der Waals surface area contributed by atoms with Crippen LogP contribution in [0.2, 0.25) is 0 Å². The SMILES string of the molecule is NS(=O)(=O)Cc1nnc(Cc2nc3c(F)cc(-c4ccccc4)cc3s2)o1. The second-order valence-electron chi connectivity index (χ2n) is 5.85. The Labute approximate surface area is 157 Å². The summed E-state index contributed by atoms with van der Waals surface area (Å²) in [6.07, 6.45) is 0.178. The molecule has 0 fully saturated rings. The summed E-state index contributed by atoms with van der Waals surface area (Å²) < 4.78 is 42.6. The first-order valence-corrected chi connectivity index (χ1v) is 10.4. The number of rotatable bonds is 5. The van der Waals surface area contributed by atoms with Crippen molar-refractivity contribution in [3.63, 3.8) is 0 Å². The van der Waals surface area contributed by atoms with Crippen LogP contribution < -0.4 is 5.14 Å². The van der Waals surface area contributed by atoms with Gasteiger partial charge in [0.15, 0.2) is 5.82 Å². The fraction of sp³-hybridized carbons (Fsp3) is 0.118. The van der Waals surface area contributed by atoms with Crippen LogP contribution in [0.1, 0.15) is 16.8 Å². The zero-order valence-electron chi connectivity index (χ0n) is 13.8. The number of benzene rings is 2. The summed E-state index contributed by atoms with van der Waals surface area (Å²) in [4.78, 5) is 4.30. The Bertz CT molecular complexity index is 1220. The van der Waals surface area contributed by atoms with E-state index in [1.165, 1.54) is 17.4 Å². The van der Waals surface area contributed by atoms with E-state index in [0.29, 0.717) is 9.71 Å². The first-order valence-electron chi connectivity index (χ1n) is 7.83. The van der Waals surface area contributed by atoms with Crippen molar-refractivity contribution in [1.82, 2.24) is 15.2 Å². The van der Waals surface area contributed by atoms with Gasteiger partial charge in [-0.05, 0) is 23.3 Å². The van der Waals surface area contributed by atoms with Crippen LogP contribution >= 0.6 is 11.3 Å². The number of nitrogens with two attached hydrogens (primary N) is 1. The van der Waals surface area contributed by atoms with E-state index in [4.69, 9.17) is 9.56 Å². The Morgan fingerprint density at radius 2 is 1.81 bits per heavy atom. The van der Waals surface area contributed by atoms with Crippen molar-refractivity contribution in [2.24, 2.45) is 5.14 Å². The molecule has 0 spiro atoms. The molecule has 0 radical (unpaired) electrons. The van der Waals surface area contributed by atoms with Crippen LogP contribution in [-0.4, -0.2) is 23.6 Å². The second kappa shape index (κ2) is 6.80. The molecule has 0 atom stereocenters. The van der Waals surface area contributed by atoms with Gasteiger partial charge in [-0.3, -0.25) is 0 Å². The number of sulfonamides is 1. The Morgan fingerprint density at radius 1 is 1.07 bits per heavy atom. The summed E-state index contributed by atoms with van der Waals surface area (Å²) >= 11 is 1.32. The van der Waals surface area contributed by atoms with Gasteiger partial charge in [0, 0.05) is 0 Å². The van der Waals surface area contributed by atoms with Crippen LogP contribution in [0.15, 0.2) is 46.9 Å².